The first-order chi connectivity index (χ1) is 12.6. The highest BCUT2D eigenvalue weighted by Crippen LogP contribution is 2.24. The van der Waals surface area contributed by atoms with Gasteiger partial charge < -0.3 is 9.80 Å². The number of fused-ring (bicyclic) bond motifs is 1. The van der Waals surface area contributed by atoms with Crippen LogP contribution < -0.4 is 4.90 Å². The molecule has 4 rings (SSSR count). The van der Waals surface area contributed by atoms with Crippen LogP contribution in [-0.2, 0) is 17.8 Å². The van der Waals surface area contributed by atoms with Crippen molar-refractivity contribution in [3.05, 3.63) is 65.5 Å². The molecule has 0 unspecified atom stereocenters. The monoisotopic (exact) mass is 353 g/mol. The minimum Gasteiger partial charge on any atom is -0.336 e. The van der Waals surface area contributed by atoms with Crippen LogP contribution in [0, 0.1) is 5.82 Å². The minimum atomic E-state index is -0.429. The van der Waals surface area contributed by atoms with E-state index in [1.165, 1.54) is 21.4 Å². The van der Waals surface area contributed by atoms with Crippen molar-refractivity contribution < 1.29 is 14.0 Å². The number of nitrogens with zero attached hydrogens (tertiary/aromatic N) is 3. The molecular formula is C20H20FN3O2. The number of amides is 3. The average molecular weight is 353 g/mol. The maximum Gasteiger partial charge on any atom is 0.325 e. The van der Waals surface area contributed by atoms with E-state index in [0.717, 1.165) is 12.0 Å². The molecule has 0 aromatic heterocycles. The first-order valence-corrected chi connectivity index (χ1v) is 8.79. The predicted molar refractivity (Wildman–Crippen MR) is 96.3 cm³/mol. The van der Waals surface area contributed by atoms with Crippen LogP contribution in [0.3, 0.4) is 0 Å². The summed E-state index contributed by atoms with van der Waals surface area (Å²) in [5.74, 6) is -0.495. The van der Waals surface area contributed by atoms with E-state index < -0.39 is 5.82 Å². The fraction of sp³-hybridized carbons (Fsp3) is 0.300. The van der Waals surface area contributed by atoms with Gasteiger partial charge in [0, 0.05) is 26.2 Å². The lowest BCUT2D eigenvalue weighted by molar-refractivity contribution is -0.132. The highest BCUT2D eigenvalue weighted by Gasteiger charge is 2.33. The predicted octanol–water partition coefficient (Wildman–Crippen LogP) is 2.65. The van der Waals surface area contributed by atoms with Gasteiger partial charge in [0.1, 0.15) is 12.4 Å². The van der Waals surface area contributed by atoms with E-state index in [4.69, 9.17) is 0 Å². The number of carbonyl (C=O) groups excluding carboxylic acids is 2. The summed E-state index contributed by atoms with van der Waals surface area (Å²) in [6, 6.07) is 14.0. The number of anilines is 1. The summed E-state index contributed by atoms with van der Waals surface area (Å²) < 4.78 is 13.9. The van der Waals surface area contributed by atoms with E-state index in [9.17, 15) is 14.0 Å². The molecule has 0 spiro atoms. The second-order valence-electron chi connectivity index (χ2n) is 6.64. The first-order valence-electron chi connectivity index (χ1n) is 8.79. The van der Waals surface area contributed by atoms with Crippen LogP contribution in [0.4, 0.5) is 14.9 Å². The van der Waals surface area contributed by atoms with Crippen molar-refractivity contribution in [2.45, 2.75) is 13.0 Å². The van der Waals surface area contributed by atoms with Crippen LogP contribution in [0.15, 0.2) is 48.5 Å². The number of carbonyl (C=O) groups is 2. The number of para-hydroxylation sites is 1. The van der Waals surface area contributed by atoms with Crippen molar-refractivity contribution in [1.82, 2.24) is 9.80 Å². The van der Waals surface area contributed by atoms with Gasteiger partial charge in [-0.25, -0.2) is 9.18 Å². The molecule has 0 aliphatic carbocycles. The average Bonchev–Trinajstić information content (AvgIpc) is 3.02. The molecule has 134 valence electrons. The molecular weight excluding hydrogens is 333 g/mol. The highest BCUT2D eigenvalue weighted by atomic mass is 19.1. The number of benzene rings is 2. The van der Waals surface area contributed by atoms with Crippen LogP contribution in [0.1, 0.15) is 11.1 Å². The zero-order chi connectivity index (χ0) is 18.1. The Hall–Kier alpha value is -2.89. The summed E-state index contributed by atoms with van der Waals surface area (Å²) in [6.07, 6.45) is 0.831. The fourth-order valence-corrected chi connectivity index (χ4v) is 3.60. The summed E-state index contributed by atoms with van der Waals surface area (Å²) in [4.78, 5) is 29.9. The quantitative estimate of drug-likeness (QED) is 0.852. The summed E-state index contributed by atoms with van der Waals surface area (Å²) in [5, 5.41) is 0. The maximum atomic E-state index is 13.9. The third-order valence-corrected chi connectivity index (χ3v) is 5.05. The summed E-state index contributed by atoms with van der Waals surface area (Å²) in [7, 11) is 0. The van der Waals surface area contributed by atoms with Gasteiger partial charge in [0.05, 0.1) is 5.69 Å². The number of urea groups is 1. The van der Waals surface area contributed by atoms with E-state index in [2.05, 4.69) is 6.07 Å². The van der Waals surface area contributed by atoms with Crippen molar-refractivity contribution in [1.29, 1.82) is 0 Å². The Morgan fingerprint density at radius 3 is 2.50 bits per heavy atom. The van der Waals surface area contributed by atoms with Gasteiger partial charge in [0.25, 0.3) is 0 Å². The van der Waals surface area contributed by atoms with Gasteiger partial charge in [-0.15, -0.1) is 0 Å². The zero-order valence-corrected chi connectivity index (χ0v) is 14.4. The molecule has 3 amide bonds. The Bertz CT molecular complexity index is 854. The number of halogens is 1. The van der Waals surface area contributed by atoms with Crippen molar-refractivity contribution in [3.8, 4) is 0 Å². The molecule has 0 saturated carbocycles. The van der Waals surface area contributed by atoms with Gasteiger partial charge in [-0.3, -0.25) is 9.69 Å². The molecule has 2 aromatic carbocycles. The molecule has 26 heavy (non-hydrogen) atoms. The molecule has 1 saturated heterocycles. The Morgan fingerprint density at radius 1 is 0.962 bits per heavy atom. The van der Waals surface area contributed by atoms with Crippen LogP contribution >= 0.6 is 0 Å². The molecule has 1 fully saturated rings. The van der Waals surface area contributed by atoms with E-state index in [-0.39, 0.29) is 24.2 Å². The lowest BCUT2D eigenvalue weighted by Gasteiger charge is -2.30. The summed E-state index contributed by atoms with van der Waals surface area (Å²) in [6.45, 7) is 2.08. The van der Waals surface area contributed by atoms with Crippen molar-refractivity contribution in [3.63, 3.8) is 0 Å². The van der Waals surface area contributed by atoms with Gasteiger partial charge in [0.15, 0.2) is 0 Å². The van der Waals surface area contributed by atoms with E-state index in [0.29, 0.717) is 26.2 Å². The van der Waals surface area contributed by atoms with Crippen molar-refractivity contribution in [2.24, 2.45) is 0 Å². The van der Waals surface area contributed by atoms with Gasteiger partial charge in [-0.2, -0.15) is 0 Å². The van der Waals surface area contributed by atoms with E-state index >= 15 is 0 Å². The number of hydrogen-bond acceptors (Lipinski definition) is 2. The molecule has 0 bridgehead atoms. The minimum absolute atomic E-state index is 0.0337. The molecule has 5 nitrogen and oxygen atoms in total. The Labute approximate surface area is 151 Å². The largest absolute Gasteiger partial charge is 0.336 e. The van der Waals surface area contributed by atoms with Crippen molar-refractivity contribution >= 4 is 17.6 Å². The summed E-state index contributed by atoms with van der Waals surface area (Å²) >= 11 is 0. The number of rotatable bonds is 3. The molecule has 6 heteroatoms. The topological polar surface area (TPSA) is 43.9 Å². The van der Waals surface area contributed by atoms with Crippen LogP contribution in [0.2, 0.25) is 0 Å². The maximum absolute atomic E-state index is 13.9. The lowest BCUT2D eigenvalue weighted by atomic mass is 10.00. The highest BCUT2D eigenvalue weighted by molar-refractivity contribution is 5.96. The number of hydrogen-bond donors (Lipinski definition) is 0. The van der Waals surface area contributed by atoms with Gasteiger partial charge >= 0.3 is 6.03 Å². The molecule has 0 atom stereocenters. The molecule has 2 aliphatic heterocycles. The lowest BCUT2D eigenvalue weighted by Crippen LogP contribution is -2.44. The smallest absolute Gasteiger partial charge is 0.325 e. The first kappa shape index (κ1) is 16.6. The molecule has 0 radical (unpaired) electrons. The van der Waals surface area contributed by atoms with Gasteiger partial charge in [-0.1, -0.05) is 36.4 Å². The van der Waals surface area contributed by atoms with Crippen molar-refractivity contribution in [2.75, 3.05) is 31.1 Å². The Balaban J connectivity index is 1.41. The van der Waals surface area contributed by atoms with Crippen LogP contribution in [-0.4, -0.2) is 47.9 Å². The van der Waals surface area contributed by atoms with Gasteiger partial charge in [0.2, 0.25) is 5.91 Å². The molecule has 2 heterocycles. The van der Waals surface area contributed by atoms with E-state index in [1.807, 2.05) is 18.2 Å². The molecule has 2 aromatic rings. The zero-order valence-electron chi connectivity index (χ0n) is 14.4. The third kappa shape index (κ3) is 3.03. The second-order valence-corrected chi connectivity index (χ2v) is 6.64. The van der Waals surface area contributed by atoms with E-state index in [1.54, 1.807) is 23.1 Å². The molecule has 0 N–H and O–H groups in total. The van der Waals surface area contributed by atoms with Gasteiger partial charge in [-0.05, 0) is 29.7 Å². The normalized spacial score (nSPS) is 16.8. The van der Waals surface area contributed by atoms with Crippen LogP contribution in [0.25, 0.3) is 0 Å². The summed E-state index contributed by atoms with van der Waals surface area (Å²) in [5.41, 5.74) is 2.70. The molecule has 2 aliphatic rings. The fourth-order valence-electron chi connectivity index (χ4n) is 3.60. The standard InChI is InChI=1S/C20H20FN3O2/c21-17-7-3-4-8-18(17)24-12-11-23(20(24)26)14-19(25)22-10-9-15-5-1-2-6-16(15)13-22/h1-8H,9-14H2. The third-order valence-electron chi connectivity index (χ3n) is 5.05. The van der Waals surface area contributed by atoms with Crippen LogP contribution in [0.5, 0.6) is 0 Å². The SMILES string of the molecule is O=C(CN1CCN(c2ccccc2F)C1=O)N1CCc2ccccc2C1. The second kappa shape index (κ2) is 6.78. The Morgan fingerprint density at radius 2 is 1.69 bits per heavy atom. The Kier molecular flexibility index (Phi) is 4.32.